The number of halogens is 5. The molecule has 0 rings (SSSR count). The topological polar surface area (TPSA) is 22.7 Å². The Bertz CT molecular complexity index is 415. The van der Waals surface area contributed by atoms with Crippen LogP contribution in [0, 0.1) is 0 Å². The lowest BCUT2D eigenvalue weighted by Crippen LogP contribution is -2.83. The first-order valence-electron chi connectivity index (χ1n) is 8.52. The monoisotopic (exact) mass is 531 g/mol. The van der Waals surface area contributed by atoms with Crippen molar-refractivity contribution < 1.29 is 0 Å². The van der Waals surface area contributed by atoms with Crippen LogP contribution in [0.4, 0.5) is 0 Å². The largest absolute Gasteiger partial charge is 0.430 e. The smallest absolute Gasteiger partial charge is 0.320 e. The average molecular weight is 534 g/mol. The maximum Gasteiger partial charge on any atom is 0.430 e. The molecule has 168 valence electrons. The van der Waals surface area contributed by atoms with E-state index in [4.69, 9.17) is 56.2 Å². The Labute approximate surface area is 199 Å². The van der Waals surface area contributed by atoms with Gasteiger partial charge < -0.3 is 18.6 Å². The molecule has 0 atom stereocenters. The zero-order chi connectivity index (χ0) is 23.2. The number of hydrogen-bond acceptors (Lipinski definition) is 7. The van der Waals surface area contributed by atoms with Gasteiger partial charge in [0.15, 0.2) is 0 Å². The Balaban J connectivity index is 0. The molecule has 0 aromatic heterocycles. The summed E-state index contributed by atoms with van der Waals surface area (Å²) < 4.78 is 10.9. The summed E-state index contributed by atoms with van der Waals surface area (Å²) in [5, 5.41) is 0. The minimum atomic E-state index is -2.84. The summed E-state index contributed by atoms with van der Waals surface area (Å²) in [6.07, 6.45) is -2.84. The van der Waals surface area contributed by atoms with E-state index in [1.54, 1.807) is 7.05 Å². The van der Waals surface area contributed by atoms with Gasteiger partial charge >= 0.3 is 27.7 Å². The second-order valence-corrected chi connectivity index (χ2v) is 21.5. The Hall–Kier alpha value is 1.73. The van der Waals surface area contributed by atoms with E-state index in [-0.39, 0.29) is 7.12 Å². The summed E-state index contributed by atoms with van der Waals surface area (Å²) in [5.41, 5.74) is -0.746. The van der Waals surface area contributed by atoms with E-state index in [1.165, 1.54) is 4.48 Å². The van der Waals surface area contributed by atoms with E-state index < -0.39 is 20.6 Å². The third-order valence-corrected chi connectivity index (χ3v) is 13.4. The van der Waals surface area contributed by atoms with E-state index in [9.17, 15) is 0 Å². The van der Waals surface area contributed by atoms with Gasteiger partial charge in [0, 0.05) is 0 Å². The van der Waals surface area contributed by atoms with Gasteiger partial charge in [-0.15, -0.1) is 56.2 Å². The van der Waals surface area contributed by atoms with Gasteiger partial charge in [-0.25, -0.2) is 0 Å². The second kappa shape index (κ2) is 13.3. The van der Waals surface area contributed by atoms with Gasteiger partial charge in [-0.1, -0.05) is 0 Å². The fraction of sp³-hybridized carbons (Fsp3) is 1.00. The summed E-state index contributed by atoms with van der Waals surface area (Å²) in [5.74, 6) is 0. The fourth-order valence-corrected chi connectivity index (χ4v) is 11.5. The molecule has 0 radical (unpaired) electrons. The van der Waals surface area contributed by atoms with Crippen molar-refractivity contribution >= 4 is 83.8 Å². The molecule has 28 heavy (non-hydrogen) atoms. The third-order valence-electron chi connectivity index (χ3n) is 4.24. The molecule has 0 N–H and O–H groups in total. The van der Waals surface area contributed by atoms with Gasteiger partial charge in [0.05, 0.1) is 0 Å². The molecule has 0 unspecified atom stereocenters. The third kappa shape index (κ3) is 8.70. The van der Waals surface area contributed by atoms with Crippen molar-refractivity contribution in [1.29, 1.82) is 0 Å². The van der Waals surface area contributed by atoms with Crippen LogP contribution in [0.1, 0.15) is 0 Å². The Morgan fingerprint density at radius 1 is 0.536 bits per heavy atom. The SMILES string of the molecule is CN(B(Cl)Cl)[Si](Cl)(Cl)Cl.CN(C)B(N(C)C)N(C)[Si](N(C)C)(N(C)C)N(C)C. The van der Waals surface area contributed by atoms with Crippen molar-refractivity contribution in [1.82, 2.24) is 32.3 Å². The molecule has 7 nitrogen and oxygen atoms in total. The quantitative estimate of drug-likeness (QED) is 0.328. The maximum atomic E-state index is 5.51. The van der Waals surface area contributed by atoms with Gasteiger partial charge in [-0.2, -0.15) is 0 Å². The zero-order valence-corrected chi connectivity index (χ0v) is 25.0. The molecule has 0 saturated carbocycles. The lowest BCUT2D eigenvalue weighted by Gasteiger charge is -2.54. The molecule has 0 amide bonds. The standard InChI is InChI=1S/C11H33BN6Si.CH3BCl5NSi/c1-13(2)12(14(3)4)18(11)19(15(5)6,16(7)8)17(9)10;1-8(2(3)4)9(5,6)7/h1-11H3;1H3. The van der Waals surface area contributed by atoms with Gasteiger partial charge in [0.2, 0.25) is 0 Å². The zero-order valence-electron chi connectivity index (χ0n) is 19.2. The van der Waals surface area contributed by atoms with Crippen molar-refractivity contribution in [3.8, 4) is 0 Å². The first-order chi connectivity index (χ1) is 12.4. The summed E-state index contributed by atoms with van der Waals surface area (Å²) in [6, 6.07) is 0. The molecule has 16 heteroatoms. The molecule has 0 aromatic rings. The average Bonchev–Trinajstić information content (AvgIpc) is 2.44. The van der Waals surface area contributed by atoms with Crippen molar-refractivity contribution in [2.24, 2.45) is 0 Å². The summed E-state index contributed by atoms with van der Waals surface area (Å²) in [6.45, 7) is 0. The first kappa shape index (κ1) is 31.9. The highest BCUT2D eigenvalue weighted by Crippen LogP contribution is 2.26. The van der Waals surface area contributed by atoms with Crippen molar-refractivity contribution in [3.63, 3.8) is 0 Å². The normalized spacial score (nSPS) is 13.3. The molecule has 0 aliphatic heterocycles. The van der Waals surface area contributed by atoms with Crippen LogP contribution in [0.25, 0.3) is 0 Å². The highest BCUT2D eigenvalue weighted by molar-refractivity contribution is 7.66. The molecule has 0 bridgehead atoms. The molecule has 0 spiro atoms. The van der Waals surface area contributed by atoms with Crippen LogP contribution < -0.4 is 0 Å². The highest BCUT2D eigenvalue weighted by Gasteiger charge is 2.52. The van der Waals surface area contributed by atoms with Gasteiger partial charge in [0.25, 0.3) is 0 Å². The molecular weight excluding hydrogens is 497 g/mol. The number of nitrogens with zero attached hydrogens (tertiary/aromatic N) is 7. The molecule has 0 heterocycles. The predicted octanol–water partition coefficient (Wildman–Crippen LogP) is 1.68. The fourth-order valence-electron chi connectivity index (χ4n) is 3.57. The van der Waals surface area contributed by atoms with Crippen LogP contribution in [-0.2, 0) is 0 Å². The van der Waals surface area contributed by atoms with E-state index in [2.05, 4.69) is 105 Å². The predicted molar refractivity (Wildman–Crippen MR) is 136 cm³/mol. The summed E-state index contributed by atoms with van der Waals surface area (Å²) in [7, 11) is 23.5. The first-order valence-corrected chi connectivity index (χ1v) is 16.2. The molecule has 0 aliphatic rings. The molecule has 0 fully saturated rings. The van der Waals surface area contributed by atoms with Crippen LogP contribution in [0.5, 0.6) is 0 Å². The van der Waals surface area contributed by atoms with Crippen LogP contribution in [-0.4, -0.2) is 145 Å². The summed E-state index contributed by atoms with van der Waals surface area (Å²) >= 11 is 27.3. The van der Waals surface area contributed by atoms with Crippen molar-refractivity contribution in [2.75, 3.05) is 84.6 Å². The number of hydrogen-bond donors (Lipinski definition) is 0. The summed E-state index contributed by atoms with van der Waals surface area (Å²) in [4.78, 5) is 4.50. The van der Waals surface area contributed by atoms with E-state index in [0.717, 1.165) is 0 Å². The lowest BCUT2D eigenvalue weighted by atomic mass is 9.90. The van der Waals surface area contributed by atoms with Crippen molar-refractivity contribution in [3.05, 3.63) is 0 Å². The van der Waals surface area contributed by atoms with Crippen LogP contribution >= 0.6 is 56.2 Å². The van der Waals surface area contributed by atoms with Crippen molar-refractivity contribution in [2.45, 2.75) is 0 Å². The molecule has 0 aliphatic carbocycles. The lowest BCUT2D eigenvalue weighted by molar-refractivity contribution is 0.300. The Kier molecular flexibility index (Phi) is 15.2. The Morgan fingerprint density at radius 3 is 0.929 bits per heavy atom. The molecule has 0 aromatic carbocycles. The Morgan fingerprint density at radius 2 is 0.821 bits per heavy atom. The van der Waals surface area contributed by atoms with E-state index in [1.807, 2.05) is 0 Å². The minimum Gasteiger partial charge on any atom is -0.320 e. The van der Waals surface area contributed by atoms with E-state index in [0.29, 0.717) is 0 Å². The van der Waals surface area contributed by atoms with Crippen LogP contribution in [0.15, 0.2) is 0 Å². The van der Waals surface area contributed by atoms with E-state index >= 15 is 0 Å². The highest BCUT2D eigenvalue weighted by atomic mass is 35.8. The number of rotatable bonds is 9. The van der Waals surface area contributed by atoms with Crippen LogP contribution in [0.2, 0.25) is 0 Å². The maximum absolute atomic E-state index is 5.51. The van der Waals surface area contributed by atoms with Gasteiger partial charge in [0.1, 0.15) is 0 Å². The minimum absolute atomic E-state index is 0.249. The second-order valence-electron chi connectivity index (χ2n) is 7.52. The van der Waals surface area contributed by atoms with Crippen LogP contribution in [0.3, 0.4) is 0 Å². The van der Waals surface area contributed by atoms with Gasteiger partial charge in [-0.3, -0.25) is 13.7 Å². The van der Waals surface area contributed by atoms with Gasteiger partial charge in [-0.05, 0) is 84.6 Å². The molecule has 0 saturated heterocycles. The molecular formula is C12H36B2Cl5N7Si2.